The van der Waals surface area contributed by atoms with E-state index < -0.39 is 15.6 Å². The van der Waals surface area contributed by atoms with Crippen LogP contribution in [0.2, 0.25) is 0 Å². The van der Waals surface area contributed by atoms with E-state index in [1.165, 1.54) is 11.6 Å². The minimum atomic E-state index is -3.39. The van der Waals surface area contributed by atoms with Crippen LogP contribution < -0.4 is 10.0 Å². The van der Waals surface area contributed by atoms with E-state index in [2.05, 4.69) is 39.3 Å². The molecule has 3 aromatic rings. The molecular weight excluding hydrogens is 348 g/mol. The van der Waals surface area contributed by atoms with Crippen LogP contribution in [0, 0.1) is 0 Å². The van der Waals surface area contributed by atoms with Gasteiger partial charge < -0.3 is 5.32 Å². The van der Waals surface area contributed by atoms with Crippen LogP contribution in [0.25, 0.3) is 22.0 Å². The van der Waals surface area contributed by atoms with Crippen molar-refractivity contribution in [2.45, 2.75) is 12.0 Å². The van der Waals surface area contributed by atoms with Crippen molar-refractivity contribution in [3.8, 4) is 11.3 Å². The fourth-order valence-electron chi connectivity index (χ4n) is 3.47. The van der Waals surface area contributed by atoms with Crippen molar-refractivity contribution in [1.82, 2.24) is 20.0 Å². The minimum Gasteiger partial charge on any atom is -0.314 e. The van der Waals surface area contributed by atoms with Crippen molar-refractivity contribution in [1.29, 1.82) is 0 Å². The highest BCUT2D eigenvalue weighted by molar-refractivity contribution is 7.88. The Morgan fingerprint density at radius 1 is 1.12 bits per heavy atom. The van der Waals surface area contributed by atoms with Crippen LogP contribution in [-0.4, -0.2) is 37.7 Å². The van der Waals surface area contributed by atoms with E-state index in [1.807, 2.05) is 24.3 Å². The van der Waals surface area contributed by atoms with Crippen molar-refractivity contribution < 1.29 is 8.42 Å². The van der Waals surface area contributed by atoms with Crippen LogP contribution in [0.15, 0.2) is 54.7 Å². The normalized spacial score (nSPS) is 20.5. The molecule has 2 heterocycles. The number of nitrogens with zero attached hydrogens (tertiary/aromatic N) is 2. The van der Waals surface area contributed by atoms with E-state index >= 15 is 0 Å². The van der Waals surface area contributed by atoms with Crippen molar-refractivity contribution in [3.63, 3.8) is 0 Å². The molecule has 1 aliphatic heterocycles. The Labute approximate surface area is 152 Å². The third-order valence-corrected chi connectivity index (χ3v) is 5.43. The summed E-state index contributed by atoms with van der Waals surface area (Å²) in [5.74, 6) is 0.499. The standard InChI is InChI=1S/C19H20N4O2S/c1-26(24,25)23-19(9-11-20-13-19)18-21-10-8-17(22-18)16-7-6-14-4-2-3-5-15(14)12-16/h2-8,10,12,20,23H,9,11,13H2,1H3/t19-/m0/s1. The van der Waals surface area contributed by atoms with Crippen molar-refractivity contribution >= 4 is 20.8 Å². The molecule has 0 spiro atoms. The van der Waals surface area contributed by atoms with Crippen LogP contribution in [0.1, 0.15) is 12.2 Å². The van der Waals surface area contributed by atoms with E-state index in [4.69, 9.17) is 4.98 Å². The summed E-state index contributed by atoms with van der Waals surface area (Å²) >= 11 is 0. The molecule has 1 atom stereocenters. The van der Waals surface area contributed by atoms with E-state index in [0.717, 1.165) is 16.6 Å². The molecule has 1 fully saturated rings. The van der Waals surface area contributed by atoms with Gasteiger partial charge in [0.05, 0.1) is 11.9 Å². The fourth-order valence-corrected chi connectivity index (χ4v) is 4.44. The molecule has 0 saturated carbocycles. The highest BCUT2D eigenvalue weighted by atomic mass is 32.2. The first-order chi connectivity index (χ1) is 12.5. The van der Waals surface area contributed by atoms with Crippen LogP contribution in [0.4, 0.5) is 0 Å². The van der Waals surface area contributed by atoms with E-state index in [-0.39, 0.29) is 0 Å². The first-order valence-electron chi connectivity index (χ1n) is 8.48. The second-order valence-electron chi connectivity index (χ2n) is 6.71. The molecule has 26 heavy (non-hydrogen) atoms. The van der Waals surface area contributed by atoms with Gasteiger partial charge in [0, 0.05) is 18.3 Å². The Balaban J connectivity index is 1.77. The Bertz CT molecular complexity index is 1060. The lowest BCUT2D eigenvalue weighted by molar-refractivity contribution is 0.407. The molecular formula is C19H20N4O2S. The summed E-state index contributed by atoms with van der Waals surface area (Å²) in [5.41, 5.74) is 0.954. The summed E-state index contributed by atoms with van der Waals surface area (Å²) in [5, 5.41) is 5.51. The Morgan fingerprint density at radius 3 is 2.65 bits per heavy atom. The summed E-state index contributed by atoms with van der Waals surface area (Å²) in [7, 11) is -3.39. The zero-order valence-corrected chi connectivity index (χ0v) is 15.3. The minimum absolute atomic E-state index is 0.473. The van der Waals surface area contributed by atoms with Crippen LogP contribution >= 0.6 is 0 Å². The van der Waals surface area contributed by atoms with Crippen molar-refractivity contribution in [2.24, 2.45) is 0 Å². The summed E-state index contributed by atoms with van der Waals surface area (Å²) < 4.78 is 26.5. The number of hydrogen-bond acceptors (Lipinski definition) is 5. The largest absolute Gasteiger partial charge is 0.314 e. The molecule has 0 unspecified atom stereocenters. The second kappa shape index (κ2) is 6.42. The molecule has 6 nitrogen and oxygen atoms in total. The zero-order chi connectivity index (χ0) is 18.2. The number of fused-ring (bicyclic) bond motifs is 1. The van der Waals surface area contributed by atoms with Gasteiger partial charge in [-0.15, -0.1) is 0 Å². The van der Waals surface area contributed by atoms with Gasteiger partial charge in [-0.2, -0.15) is 0 Å². The first-order valence-corrected chi connectivity index (χ1v) is 10.4. The monoisotopic (exact) mass is 368 g/mol. The van der Waals surface area contributed by atoms with Crippen LogP contribution in [-0.2, 0) is 15.6 Å². The Morgan fingerprint density at radius 2 is 1.92 bits per heavy atom. The first kappa shape index (κ1) is 17.1. The fraction of sp³-hybridized carbons (Fsp3) is 0.263. The number of nitrogens with one attached hydrogen (secondary N) is 2. The molecule has 134 valence electrons. The van der Waals surface area contributed by atoms with Crippen molar-refractivity contribution in [2.75, 3.05) is 19.3 Å². The molecule has 0 amide bonds. The van der Waals surface area contributed by atoms with Gasteiger partial charge in [0.2, 0.25) is 10.0 Å². The number of hydrogen-bond donors (Lipinski definition) is 2. The maximum atomic E-state index is 11.9. The maximum Gasteiger partial charge on any atom is 0.209 e. The molecule has 4 rings (SSSR count). The van der Waals surface area contributed by atoms with Gasteiger partial charge in [0.15, 0.2) is 5.82 Å². The van der Waals surface area contributed by atoms with Gasteiger partial charge in [-0.25, -0.2) is 23.1 Å². The van der Waals surface area contributed by atoms with E-state index in [0.29, 0.717) is 25.3 Å². The van der Waals surface area contributed by atoms with E-state index in [9.17, 15) is 8.42 Å². The third kappa shape index (κ3) is 3.33. The maximum absolute atomic E-state index is 11.9. The second-order valence-corrected chi connectivity index (χ2v) is 8.46. The zero-order valence-electron chi connectivity index (χ0n) is 14.4. The molecule has 1 aromatic heterocycles. The molecule has 0 radical (unpaired) electrons. The number of benzene rings is 2. The molecule has 0 aliphatic carbocycles. The third-order valence-electron chi connectivity index (χ3n) is 4.66. The lowest BCUT2D eigenvalue weighted by Gasteiger charge is -2.27. The summed E-state index contributed by atoms with van der Waals surface area (Å²) in [6, 6.07) is 16.2. The average Bonchev–Trinajstić information content (AvgIpc) is 3.09. The molecule has 0 bridgehead atoms. The van der Waals surface area contributed by atoms with Gasteiger partial charge in [-0.05, 0) is 35.9 Å². The summed E-state index contributed by atoms with van der Waals surface area (Å²) in [4.78, 5) is 9.10. The highest BCUT2D eigenvalue weighted by Gasteiger charge is 2.41. The lowest BCUT2D eigenvalue weighted by Crippen LogP contribution is -2.48. The predicted octanol–water partition coefficient (Wildman–Crippen LogP) is 2.03. The summed E-state index contributed by atoms with van der Waals surface area (Å²) in [6.45, 7) is 1.19. The molecule has 2 N–H and O–H groups in total. The Kier molecular flexibility index (Phi) is 4.22. The number of aromatic nitrogens is 2. The average molecular weight is 368 g/mol. The van der Waals surface area contributed by atoms with Gasteiger partial charge in [-0.1, -0.05) is 36.4 Å². The molecule has 1 saturated heterocycles. The highest BCUT2D eigenvalue weighted by Crippen LogP contribution is 2.28. The van der Waals surface area contributed by atoms with Gasteiger partial charge in [-0.3, -0.25) is 0 Å². The molecule has 2 aromatic carbocycles. The number of rotatable bonds is 4. The van der Waals surface area contributed by atoms with Crippen LogP contribution in [0.5, 0.6) is 0 Å². The Hall–Kier alpha value is -2.35. The van der Waals surface area contributed by atoms with Crippen LogP contribution in [0.3, 0.4) is 0 Å². The van der Waals surface area contributed by atoms with Gasteiger partial charge in [0.25, 0.3) is 0 Å². The quantitative estimate of drug-likeness (QED) is 0.736. The van der Waals surface area contributed by atoms with E-state index in [1.54, 1.807) is 6.20 Å². The predicted molar refractivity (Wildman–Crippen MR) is 102 cm³/mol. The van der Waals surface area contributed by atoms with Crippen molar-refractivity contribution in [3.05, 3.63) is 60.6 Å². The summed E-state index contributed by atoms with van der Waals surface area (Å²) in [6.07, 6.45) is 3.47. The van der Waals surface area contributed by atoms with Gasteiger partial charge in [0.1, 0.15) is 5.54 Å². The number of sulfonamides is 1. The lowest BCUT2D eigenvalue weighted by atomic mass is 9.98. The topological polar surface area (TPSA) is 84.0 Å². The SMILES string of the molecule is CS(=O)(=O)N[C@@]1(c2nccc(-c3ccc4ccccc4c3)n2)CCNC1. The molecule has 7 heteroatoms. The van der Waals surface area contributed by atoms with Gasteiger partial charge >= 0.3 is 0 Å². The smallest absolute Gasteiger partial charge is 0.209 e. The molecule has 1 aliphatic rings.